The number of para-hydroxylation sites is 3. The second-order valence-corrected chi connectivity index (χ2v) is 18.1. The third kappa shape index (κ3) is 26.8. The topological polar surface area (TPSA) is 252 Å². The molecule has 0 aliphatic carbocycles. The summed E-state index contributed by atoms with van der Waals surface area (Å²) in [5, 5.41) is 57.2. The molecule has 18 heteroatoms. The number of fused-ring (bicyclic) bond motifs is 3. The molecule has 3 unspecified atom stereocenters. The third-order valence-electron chi connectivity index (χ3n) is 10.9. The van der Waals surface area contributed by atoms with Crippen molar-refractivity contribution in [1.29, 1.82) is 0 Å². The fraction of sp³-hybridized carbons (Fsp3) is 0.448. The molecule has 5 aromatic carbocycles. The van der Waals surface area contributed by atoms with Crippen molar-refractivity contribution in [3.05, 3.63) is 126 Å². The van der Waals surface area contributed by atoms with E-state index in [2.05, 4.69) is 27.0 Å². The maximum absolute atomic E-state index is 10.3. The van der Waals surface area contributed by atoms with Crippen LogP contribution in [0.25, 0.3) is 21.8 Å². The lowest BCUT2D eigenvalue weighted by Gasteiger charge is -2.15. The molecule has 0 spiro atoms. The van der Waals surface area contributed by atoms with Crippen LogP contribution in [0, 0.1) is 0 Å². The van der Waals surface area contributed by atoms with Crippen molar-refractivity contribution in [2.24, 2.45) is 0 Å². The Morgan fingerprint density at radius 2 is 0.974 bits per heavy atom. The van der Waals surface area contributed by atoms with Gasteiger partial charge in [0.25, 0.3) is 0 Å². The quantitative estimate of drug-likeness (QED) is 0.0201. The van der Waals surface area contributed by atoms with Crippen LogP contribution in [-0.2, 0) is 31.9 Å². The molecule has 0 fully saturated rings. The minimum absolute atomic E-state index is 0.207. The number of hydrogen-bond donors (Lipinski definition) is 9. The Morgan fingerprint density at radius 1 is 0.513 bits per heavy atom. The SMILES string of the molecule is COCCc1ccc(OCC(O)CNC(C)C)cc1.COCCc1ccc(OCC(O)CNC(C)C)cc1.COc1ccccc1OCCNCC(O)COc1cccc2[nH]c3ccccc3c12.O=C(O)CCC(=O)O. The predicted molar refractivity (Wildman–Crippen MR) is 296 cm³/mol. The number of methoxy groups -OCH3 is 3. The van der Waals surface area contributed by atoms with Gasteiger partial charge in [0.2, 0.25) is 0 Å². The number of rotatable bonds is 31. The van der Waals surface area contributed by atoms with Gasteiger partial charge in [-0.3, -0.25) is 9.59 Å². The lowest BCUT2D eigenvalue weighted by atomic mass is 10.1. The number of aromatic amines is 1. The van der Waals surface area contributed by atoms with Crippen LogP contribution < -0.4 is 39.6 Å². The summed E-state index contributed by atoms with van der Waals surface area (Å²) < 4.78 is 38.1. The van der Waals surface area contributed by atoms with Gasteiger partial charge in [0, 0.05) is 68.8 Å². The van der Waals surface area contributed by atoms with Gasteiger partial charge in [-0.15, -0.1) is 0 Å². The summed E-state index contributed by atoms with van der Waals surface area (Å²) in [5.41, 5.74) is 4.53. The number of aliphatic hydroxyl groups is 3. The van der Waals surface area contributed by atoms with Crippen LogP contribution in [0.4, 0.5) is 0 Å². The Labute approximate surface area is 447 Å². The van der Waals surface area contributed by atoms with Gasteiger partial charge in [0.15, 0.2) is 11.5 Å². The highest BCUT2D eigenvalue weighted by Crippen LogP contribution is 2.33. The molecule has 0 aliphatic rings. The van der Waals surface area contributed by atoms with Crippen molar-refractivity contribution >= 4 is 33.7 Å². The zero-order chi connectivity index (χ0) is 55.5. The molecule has 1 aromatic heterocycles. The molecule has 0 saturated heterocycles. The number of aromatic nitrogens is 1. The van der Waals surface area contributed by atoms with E-state index in [9.17, 15) is 24.9 Å². The van der Waals surface area contributed by atoms with Gasteiger partial charge in [-0.2, -0.15) is 0 Å². The smallest absolute Gasteiger partial charge is 0.303 e. The number of carbonyl (C=O) groups is 2. The van der Waals surface area contributed by atoms with E-state index in [-0.39, 0.29) is 19.4 Å². The summed E-state index contributed by atoms with van der Waals surface area (Å²) in [4.78, 5) is 22.7. The molecule has 76 heavy (non-hydrogen) atoms. The van der Waals surface area contributed by atoms with E-state index >= 15 is 0 Å². The first kappa shape index (κ1) is 63.8. The molecule has 418 valence electrons. The van der Waals surface area contributed by atoms with Crippen LogP contribution in [-0.4, -0.2) is 160 Å². The molecule has 9 N–H and O–H groups in total. The Bertz CT molecular complexity index is 2400. The highest BCUT2D eigenvalue weighted by Gasteiger charge is 2.13. The highest BCUT2D eigenvalue weighted by atomic mass is 16.5. The van der Waals surface area contributed by atoms with Crippen molar-refractivity contribution in [3.63, 3.8) is 0 Å². The maximum atomic E-state index is 10.3. The van der Waals surface area contributed by atoms with E-state index in [4.69, 9.17) is 43.4 Å². The largest absolute Gasteiger partial charge is 0.493 e. The number of carboxylic acid groups (broad SMARTS) is 2. The maximum Gasteiger partial charge on any atom is 0.303 e. The third-order valence-corrected chi connectivity index (χ3v) is 10.9. The molecule has 6 rings (SSSR count). The van der Waals surface area contributed by atoms with Gasteiger partial charge >= 0.3 is 11.9 Å². The molecule has 0 radical (unpaired) electrons. The number of hydrogen-bond acceptors (Lipinski definition) is 15. The van der Waals surface area contributed by atoms with E-state index < -0.39 is 30.3 Å². The van der Waals surface area contributed by atoms with Crippen LogP contribution in [0.1, 0.15) is 51.7 Å². The van der Waals surface area contributed by atoms with Gasteiger partial charge in [0.05, 0.1) is 38.7 Å². The van der Waals surface area contributed by atoms with Crippen molar-refractivity contribution in [1.82, 2.24) is 20.9 Å². The van der Waals surface area contributed by atoms with E-state index in [0.29, 0.717) is 69.6 Å². The Morgan fingerprint density at radius 3 is 1.47 bits per heavy atom. The zero-order valence-corrected chi connectivity index (χ0v) is 45.2. The summed E-state index contributed by atoms with van der Waals surface area (Å²) in [5.74, 6) is 1.59. The van der Waals surface area contributed by atoms with E-state index in [0.717, 1.165) is 65.1 Å². The summed E-state index contributed by atoms with van der Waals surface area (Å²) in [6, 6.07) is 38.1. The van der Waals surface area contributed by atoms with Crippen LogP contribution in [0.3, 0.4) is 0 Å². The molecular formula is C58H82N4O14. The summed E-state index contributed by atoms with van der Waals surface area (Å²) in [7, 11) is 5.02. The highest BCUT2D eigenvalue weighted by molar-refractivity contribution is 6.10. The molecule has 0 aliphatic heterocycles. The molecule has 6 aromatic rings. The minimum Gasteiger partial charge on any atom is -0.493 e. The van der Waals surface area contributed by atoms with Crippen molar-refractivity contribution in [2.75, 3.05) is 87.1 Å². The minimum atomic E-state index is -1.08. The molecule has 0 saturated carbocycles. The molecule has 1 heterocycles. The van der Waals surface area contributed by atoms with E-state index in [1.54, 1.807) is 21.3 Å². The first-order valence-corrected chi connectivity index (χ1v) is 25.6. The van der Waals surface area contributed by atoms with Crippen LogP contribution in [0.2, 0.25) is 0 Å². The van der Waals surface area contributed by atoms with Crippen LogP contribution in [0.15, 0.2) is 115 Å². The Kier molecular flexibility index (Phi) is 31.3. The average molecular weight is 1060 g/mol. The standard InChI is InChI=1S/C24H26N2O4.2C15H25NO3.C4H6O4/c1-28-21-10-4-5-11-22(21)29-14-13-25-15-17(27)16-30-23-12-6-9-20-24(23)18-7-2-3-8-19(18)26-20;2*1-12(2)16-10-14(17)11-19-15-6-4-13(5-7-15)8-9-18-3;5-3(6)1-2-4(7)8/h2-12,17,25-27H,13-16H2,1H3;2*4-7,12,14,16-17H,8-11H2,1-3H3;1-2H2,(H,5,6)(H,7,8). The van der Waals surface area contributed by atoms with Crippen molar-refractivity contribution in [2.45, 2.75) is 83.8 Å². The monoisotopic (exact) mass is 1060 g/mol. The van der Waals surface area contributed by atoms with Gasteiger partial charge in [-0.25, -0.2) is 0 Å². The van der Waals surface area contributed by atoms with Gasteiger partial charge < -0.3 is 79.6 Å². The number of nitrogens with one attached hydrogen (secondary N) is 4. The normalized spacial score (nSPS) is 12.1. The lowest BCUT2D eigenvalue weighted by molar-refractivity contribution is -0.143. The van der Waals surface area contributed by atoms with Crippen molar-refractivity contribution in [3.8, 4) is 28.7 Å². The fourth-order valence-electron chi connectivity index (χ4n) is 6.88. The molecule has 0 amide bonds. The second-order valence-electron chi connectivity index (χ2n) is 18.1. The van der Waals surface area contributed by atoms with Crippen molar-refractivity contribution < 1.29 is 68.3 Å². The number of H-pyrrole nitrogens is 1. The second kappa shape index (κ2) is 37.3. The Hall–Kier alpha value is -6.48. The van der Waals surface area contributed by atoms with Gasteiger partial charge in [-0.05, 0) is 78.6 Å². The number of aliphatic hydroxyl groups excluding tert-OH is 3. The number of ether oxygens (including phenoxy) is 7. The summed E-state index contributed by atoms with van der Waals surface area (Å²) in [6.07, 6.45) is -0.400. The summed E-state index contributed by atoms with van der Waals surface area (Å²) >= 11 is 0. The first-order valence-electron chi connectivity index (χ1n) is 25.6. The lowest BCUT2D eigenvalue weighted by Crippen LogP contribution is -2.35. The van der Waals surface area contributed by atoms with Gasteiger partial charge in [-0.1, -0.05) is 88.4 Å². The summed E-state index contributed by atoms with van der Waals surface area (Å²) in [6.45, 7) is 13.0. The molecule has 0 bridgehead atoms. The molecule has 18 nitrogen and oxygen atoms in total. The van der Waals surface area contributed by atoms with Crippen LogP contribution in [0.5, 0.6) is 28.7 Å². The zero-order valence-electron chi connectivity index (χ0n) is 45.2. The van der Waals surface area contributed by atoms with E-state index in [1.807, 2.05) is 137 Å². The predicted octanol–water partition coefficient (Wildman–Crippen LogP) is 6.90. The number of aliphatic carboxylic acids is 2. The Balaban J connectivity index is 0.000000290. The molecular weight excluding hydrogens is 977 g/mol. The van der Waals surface area contributed by atoms with E-state index in [1.165, 1.54) is 11.1 Å². The number of benzene rings is 5. The fourth-order valence-corrected chi connectivity index (χ4v) is 6.88. The molecule has 3 atom stereocenters. The first-order chi connectivity index (χ1) is 36.6. The number of carboxylic acids is 2. The average Bonchev–Trinajstić information content (AvgIpc) is 3.81. The van der Waals surface area contributed by atoms with Gasteiger partial charge in [0.1, 0.15) is 62.0 Å². The van der Waals surface area contributed by atoms with Crippen LogP contribution >= 0.6 is 0 Å².